The second kappa shape index (κ2) is 7.78. The van der Waals surface area contributed by atoms with Crippen LogP contribution in [-0.4, -0.2) is 7.11 Å². The molecule has 2 heteroatoms. The normalized spacial score (nSPS) is 11.7. The molecule has 0 saturated heterocycles. The van der Waals surface area contributed by atoms with Crippen LogP contribution < -0.4 is 26.0 Å². The zero-order valence-corrected chi connectivity index (χ0v) is 16.4. The fraction of sp³-hybridized carbons (Fsp3) is 0.0400. The van der Waals surface area contributed by atoms with E-state index in [1.54, 1.807) is 7.11 Å². The molecule has 4 aromatic carbocycles. The van der Waals surface area contributed by atoms with Crippen LogP contribution in [0.3, 0.4) is 0 Å². The first-order chi connectivity index (χ1) is 13.4. The van der Waals surface area contributed by atoms with Crippen molar-refractivity contribution in [3.8, 4) is 5.75 Å². The monoisotopic (exact) mass is 370 g/mol. The van der Waals surface area contributed by atoms with Crippen molar-refractivity contribution in [3.05, 3.63) is 115 Å². The van der Waals surface area contributed by atoms with Crippen molar-refractivity contribution >= 4 is 28.5 Å². The molecule has 0 N–H and O–H groups in total. The van der Waals surface area contributed by atoms with Crippen molar-refractivity contribution in [1.29, 1.82) is 0 Å². The minimum absolute atomic E-state index is 0.885. The molecule has 0 bridgehead atoms. The molecule has 0 saturated carbocycles. The van der Waals surface area contributed by atoms with Crippen molar-refractivity contribution in [2.24, 2.45) is 0 Å². The van der Waals surface area contributed by atoms with Gasteiger partial charge in [0.15, 0.2) is 0 Å². The summed E-state index contributed by atoms with van der Waals surface area (Å²) in [6.45, 7) is 0. The van der Waals surface area contributed by atoms with Gasteiger partial charge in [0, 0.05) is 0 Å². The first-order valence-corrected chi connectivity index (χ1v) is 11.2. The van der Waals surface area contributed by atoms with Crippen molar-refractivity contribution < 1.29 is 4.74 Å². The SMILES string of the molecule is COc1ccc([PH](c2ccccc2)(c2ccccc2)c2ccccc2)cc1. The van der Waals surface area contributed by atoms with Crippen molar-refractivity contribution in [2.75, 3.05) is 7.11 Å². The topological polar surface area (TPSA) is 9.23 Å². The molecule has 4 aromatic rings. The molecule has 0 unspecified atom stereocenters. The number of benzene rings is 4. The minimum atomic E-state index is -2.39. The molecule has 0 spiro atoms. The van der Waals surface area contributed by atoms with Crippen LogP contribution in [0.4, 0.5) is 0 Å². The van der Waals surface area contributed by atoms with Gasteiger partial charge in [0.05, 0.1) is 0 Å². The molecule has 0 radical (unpaired) electrons. The molecule has 0 aromatic heterocycles. The van der Waals surface area contributed by atoms with Gasteiger partial charge in [-0.05, 0) is 0 Å². The maximum atomic E-state index is 5.41. The Kier molecular flexibility index (Phi) is 5.05. The fourth-order valence-corrected chi connectivity index (χ4v) is 8.65. The third kappa shape index (κ3) is 3.16. The second-order valence-corrected chi connectivity index (χ2v) is 10.4. The molecular formula is C25H23OP. The molecule has 1 nitrogen and oxygen atoms in total. The summed E-state index contributed by atoms with van der Waals surface area (Å²) in [5.41, 5.74) is 0. The zero-order valence-electron chi connectivity index (χ0n) is 15.4. The van der Waals surface area contributed by atoms with E-state index in [9.17, 15) is 0 Å². The van der Waals surface area contributed by atoms with Crippen LogP contribution in [0.5, 0.6) is 5.75 Å². The average molecular weight is 370 g/mol. The van der Waals surface area contributed by atoms with Crippen LogP contribution in [0, 0.1) is 0 Å². The quantitative estimate of drug-likeness (QED) is 0.482. The van der Waals surface area contributed by atoms with Gasteiger partial charge in [-0.1, -0.05) is 0 Å². The molecule has 27 heavy (non-hydrogen) atoms. The van der Waals surface area contributed by atoms with Crippen LogP contribution in [0.15, 0.2) is 115 Å². The van der Waals surface area contributed by atoms with Crippen LogP contribution in [0.2, 0.25) is 0 Å². The summed E-state index contributed by atoms with van der Waals surface area (Å²) in [5, 5.41) is 5.50. The van der Waals surface area contributed by atoms with E-state index in [4.69, 9.17) is 4.74 Å². The summed E-state index contributed by atoms with van der Waals surface area (Å²) in [4.78, 5) is 0. The van der Waals surface area contributed by atoms with Gasteiger partial charge in [-0.25, -0.2) is 0 Å². The number of hydrogen-bond donors (Lipinski definition) is 0. The van der Waals surface area contributed by atoms with E-state index in [-0.39, 0.29) is 0 Å². The van der Waals surface area contributed by atoms with Gasteiger partial charge in [-0.3, -0.25) is 0 Å². The molecule has 0 heterocycles. The summed E-state index contributed by atoms with van der Waals surface area (Å²) in [6.07, 6.45) is 0. The Morgan fingerprint density at radius 1 is 0.444 bits per heavy atom. The van der Waals surface area contributed by atoms with E-state index in [1.165, 1.54) is 21.2 Å². The summed E-state index contributed by atoms with van der Waals surface area (Å²) in [7, 11) is -0.678. The average Bonchev–Trinajstić information content (AvgIpc) is 2.77. The number of methoxy groups -OCH3 is 1. The van der Waals surface area contributed by atoms with Crippen LogP contribution in [0.1, 0.15) is 0 Å². The van der Waals surface area contributed by atoms with E-state index in [0.29, 0.717) is 0 Å². The Hall–Kier alpha value is -2.89. The molecule has 0 aliphatic heterocycles. The fourth-order valence-electron chi connectivity index (χ4n) is 3.91. The van der Waals surface area contributed by atoms with Gasteiger partial charge in [-0.15, -0.1) is 0 Å². The third-order valence-electron chi connectivity index (χ3n) is 5.14. The summed E-state index contributed by atoms with van der Waals surface area (Å²) in [6, 6.07) is 41.4. The number of hydrogen-bond acceptors (Lipinski definition) is 1. The molecule has 0 aliphatic carbocycles. The Labute approximate surface area is 161 Å². The predicted molar refractivity (Wildman–Crippen MR) is 119 cm³/mol. The van der Waals surface area contributed by atoms with Crippen LogP contribution in [-0.2, 0) is 0 Å². The van der Waals surface area contributed by atoms with Gasteiger partial charge in [0.25, 0.3) is 0 Å². The molecule has 0 aliphatic rings. The molecule has 4 rings (SSSR count). The van der Waals surface area contributed by atoms with E-state index >= 15 is 0 Å². The standard InChI is InChI=1S/C25H23OP/c1-26-21-17-19-25(20-18-21)27(22-11-5-2-6-12-22,23-13-7-3-8-14-23)24-15-9-4-10-16-24/h2-20,27H,1H3. The van der Waals surface area contributed by atoms with Gasteiger partial charge < -0.3 is 0 Å². The van der Waals surface area contributed by atoms with Crippen molar-refractivity contribution in [3.63, 3.8) is 0 Å². The molecule has 0 amide bonds. The van der Waals surface area contributed by atoms with E-state index in [1.807, 2.05) is 0 Å². The first kappa shape index (κ1) is 17.5. The Morgan fingerprint density at radius 3 is 1.11 bits per heavy atom. The first-order valence-electron chi connectivity index (χ1n) is 9.17. The second-order valence-electron chi connectivity index (χ2n) is 6.58. The van der Waals surface area contributed by atoms with Gasteiger partial charge >= 0.3 is 161 Å². The van der Waals surface area contributed by atoms with Crippen molar-refractivity contribution in [2.45, 2.75) is 0 Å². The molecule has 134 valence electrons. The number of ether oxygens (including phenoxy) is 1. The Bertz CT molecular complexity index is 884. The third-order valence-corrected chi connectivity index (χ3v) is 9.94. The number of rotatable bonds is 5. The predicted octanol–water partition coefficient (Wildman–Crippen LogP) is 4.05. The van der Waals surface area contributed by atoms with Gasteiger partial charge in [-0.2, -0.15) is 0 Å². The molecular weight excluding hydrogens is 347 g/mol. The maximum absolute atomic E-state index is 5.41. The van der Waals surface area contributed by atoms with E-state index < -0.39 is 7.26 Å². The molecule has 0 atom stereocenters. The zero-order chi connectivity index (χ0) is 18.5. The summed E-state index contributed by atoms with van der Waals surface area (Å²) in [5.74, 6) is 0.885. The summed E-state index contributed by atoms with van der Waals surface area (Å²) >= 11 is 0. The van der Waals surface area contributed by atoms with Crippen LogP contribution >= 0.6 is 7.26 Å². The Morgan fingerprint density at radius 2 is 0.778 bits per heavy atom. The Balaban J connectivity index is 2.09. The van der Waals surface area contributed by atoms with E-state index in [2.05, 4.69) is 115 Å². The van der Waals surface area contributed by atoms with Gasteiger partial charge in [0.1, 0.15) is 0 Å². The van der Waals surface area contributed by atoms with E-state index in [0.717, 1.165) is 5.75 Å². The van der Waals surface area contributed by atoms with Gasteiger partial charge in [0.2, 0.25) is 0 Å². The molecule has 0 fully saturated rings. The van der Waals surface area contributed by atoms with Crippen molar-refractivity contribution in [1.82, 2.24) is 0 Å². The summed E-state index contributed by atoms with van der Waals surface area (Å²) < 4.78 is 5.41. The van der Waals surface area contributed by atoms with Crippen LogP contribution in [0.25, 0.3) is 0 Å².